The van der Waals surface area contributed by atoms with Gasteiger partial charge in [-0.15, -0.1) is 0 Å². The lowest BCUT2D eigenvalue weighted by atomic mass is 9.96. The van der Waals surface area contributed by atoms with Gasteiger partial charge in [-0.3, -0.25) is 4.79 Å². The van der Waals surface area contributed by atoms with E-state index in [9.17, 15) is 9.59 Å². The highest BCUT2D eigenvalue weighted by Crippen LogP contribution is 2.23. The van der Waals surface area contributed by atoms with Gasteiger partial charge in [-0.2, -0.15) is 0 Å². The SMILES string of the molecule is CCCCCCC(CCCC)COC.CCCCCCCCCC(CCCCCCCCCCC=O)OC(=O)C1CCN(C)CC1. The Morgan fingerprint density at radius 2 is 1.09 bits per heavy atom. The van der Waals surface area contributed by atoms with Crippen molar-refractivity contribution in [1.29, 1.82) is 0 Å². The van der Waals surface area contributed by atoms with E-state index in [0.717, 1.165) is 70.4 Å². The van der Waals surface area contributed by atoms with Gasteiger partial charge in [-0.05, 0) is 83.8 Å². The number of nitrogens with zero attached hydrogens (tertiary/aromatic N) is 1. The first kappa shape index (κ1) is 45.1. The summed E-state index contributed by atoms with van der Waals surface area (Å²) in [6.45, 7) is 9.78. The Balaban J connectivity index is 0.00000121. The van der Waals surface area contributed by atoms with E-state index in [1.165, 1.54) is 141 Å². The summed E-state index contributed by atoms with van der Waals surface area (Å²) in [6.07, 6.45) is 35.7. The highest BCUT2D eigenvalue weighted by Gasteiger charge is 2.26. The van der Waals surface area contributed by atoms with Crippen LogP contribution in [0.4, 0.5) is 0 Å². The predicted molar refractivity (Wildman–Crippen MR) is 199 cm³/mol. The molecule has 0 aromatic heterocycles. The van der Waals surface area contributed by atoms with Crippen LogP contribution in [0.3, 0.4) is 0 Å². The van der Waals surface area contributed by atoms with Crippen molar-refractivity contribution in [1.82, 2.24) is 4.90 Å². The van der Waals surface area contributed by atoms with Crippen LogP contribution < -0.4 is 0 Å². The second kappa shape index (κ2) is 35.4. The van der Waals surface area contributed by atoms with Crippen LogP contribution in [0.5, 0.6) is 0 Å². The van der Waals surface area contributed by atoms with Crippen molar-refractivity contribution >= 4 is 12.3 Å². The smallest absolute Gasteiger partial charge is 0.309 e. The Morgan fingerprint density at radius 3 is 1.59 bits per heavy atom. The van der Waals surface area contributed by atoms with Crippen molar-refractivity contribution in [3.8, 4) is 0 Å². The lowest BCUT2D eigenvalue weighted by Crippen LogP contribution is -2.35. The Kier molecular flexibility index (Phi) is 34.6. The van der Waals surface area contributed by atoms with E-state index in [0.29, 0.717) is 0 Å². The number of hydrogen-bond acceptors (Lipinski definition) is 5. The van der Waals surface area contributed by atoms with Crippen LogP contribution >= 0.6 is 0 Å². The van der Waals surface area contributed by atoms with E-state index < -0.39 is 0 Å². The third-order valence-electron chi connectivity index (χ3n) is 9.90. The molecular formula is C41H81NO4. The molecule has 1 fully saturated rings. The van der Waals surface area contributed by atoms with Crippen LogP contribution in [0.2, 0.25) is 0 Å². The maximum atomic E-state index is 12.7. The number of rotatable bonds is 31. The van der Waals surface area contributed by atoms with E-state index in [1.807, 2.05) is 7.11 Å². The topological polar surface area (TPSA) is 55.8 Å². The molecule has 1 aliphatic rings. The van der Waals surface area contributed by atoms with E-state index >= 15 is 0 Å². The number of aldehydes is 1. The monoisotopic (exact) mass is 652 g/mol. The van der Waals surface area contributed by atoms with Gasteiger partial charge in [0, 0.05) is 20.1 Å². The number of hydrogen-bond donors (Lipinski definition) is 0. The maximum Gasteiger partial charge on any atom is 0.309 e. The van der Waals surface area contributed by atoms with Gasteiger partial charge in [0.2, 0.25) is 0 Å². The Bertz CT molecular complexity index is 634. The molecule has 0 N–H and O–H groups in total. The maximum absolute atomic E-state index is 12.7. The lowest BCUT2D eigenvalue weighted by Gasteiger charge is -2.29. The first-order valence-corrected chi connectivity index (χ1v) is 20.3. The molecule has 5 heteroatoms. The molecule has 1 aliphatic heterocycles. The van der Waals surface area contributed by atoms with E-state index in [1.54, 1.807) is 0 Å². The third-order valence-corrected chi connectivity index (χ3v) is 9.90. The molecule has 5 nitrogen and oxygen atoms in total. The lowest BCUT2D eigenvalue weighted by molar-refractivity contribution is -0.156. The van der Waals surface area contributed by atoms with Gasteiger partial charge in [-0.1, -0.05) is 136 Å². The van der Waals surface area contributed by atoms with E-state index in [-0.39, 0.29) is 18.0 Å². The van der Waals surface area contributed by atoms with Crippen LogP contribution in [0.15, 0.2) is 0 Å². The van der Waals surface area contributed by atoms with Crippen LogP contribution in [0, 0.1) is 11.8 Å². The van der Waals surface area contributed by atoms with Crippen molar-refractivity contribution in [2.24, 2.45) is 11.8 Å². The molecule has 0 radical (unpaired) electrons. The van der Waals surface area contributed by atoms with Crippen LogP contribution in [-0.2, 0) is 19.1 Å². The summed E-state index contributed by atoms with van der Waals surface area (Å²) in [4.78, 5) is 25.4. The fourth-order valence-electron chi connectivity index (χ4n) is 6.66. The predicted octanol–water partition coefficient (Wildman–Crippen LogP) is 11.9. The molecule has 0 saturated carbocycles. The second-order valence-corrected chi connectivity index (χ2v) is 14.4. The number of ether oxygens (including phenoxy) is 2. The van der Waals surface area contributed by atoms with Gasteiger partial charge in [0.1, 0.15) is 12.4 Å². The van der Waals surface area contributed by atoms with Gasteiger partial charge < -0.3 is 19.2 Å². The number of unbranched alkanes of at least 4 members (excludes halogenated alkanes) is 18. The second-order valence-electron chi connectivity index (χ2n) is 14.4. The summed E-state index contributed by atoms with van der Waals surface area (Å²) in [5, 5.41) is 0. The van der Waals surface area contributed by atoms with Gasteiger partial charge in [-0.25, -0.2) is 0 Å². The van der Waals surface area contributed by atoms with Crippen molar-refractivity contribution in [2.75, 3.05) is 33.9 Å². The summed E-state index contributed by atoms with van der Waals surface area (Å²) < 4.78 is 11.3. The van der Waals surface area contributed by atoms with E-state index in [4.69, 9.17) is 9.47 Å². The number of likely N-dealkylation sites (tertiary alicyclic amines) is 1. The number of methoxy groups -OCH3 is 1. The molecule has 46 heavy (non-hydrogen) atoms. The van der Waals surface area contributed by atoms with Crippen molar-refractivity contribution in [3.05, 3.63) is 0 Å². The summed E-state index contributed by atoms with van der Waals surface area (Å²) >= 11 is 0. The van der Waals surface area contributed by atoms with Crippen molar-refractivity contribution in [2.45, 2.75) is 207 Å². The number of esters is 1. The standard InChI is InChI=1S/C28H53NO3.C13H28O/c1-3-4-5-6-10-13-16-19-27(32-28(31)26-21-23-29(2)24-22-26)20-17-14-11-8-7-9-12-15-18-25-30;1-4-6-8-9-11-13(12-14-3)10-7-5-2/h25-27H,3-24H2,1-2H3;13H,4-12H2,1-3H3. The van der Waals surface area contributed by atoms with Gasteiger partial charge in [0.15, 0.2) is 0 Å². The Labute approximate surface area is 288 Å². The Morgan fingerprint density at radius 1 is 0.652 bits per heavy atom. The normalized spacial score (nSPS) is 15.2. The first-order valence-electron chi connectivity index (χ1n) is 20.3. The molecule has 1 rings (SSSR count). The van der Waals surface area contributed by atoms with Gasteiger partial charge in [0.05, 0.1) is 5.92 Å². The average molecular weight is 652 g/mol. The number of carbonyl (C=O) groups is 2. The molecule has 2 unspecified atom stereocenters. The van der Waals surface area contributed by atoms with Crippen molar-refractivity contribution in [3.63, 3.8) is 0 Å². The average Bonchev–Trinajstić information content (AvgIpc) is 3.06. The first-order chi connectivity index (χ1) is 22.5. The third kappa shape index (κ3) is 29.2. The van der Waals surface area contributed by atoms with Gasteiger partial charge >= 0.3 is 5.97 Å². The minimum Gasteiger partial charge on any atom is -0.462 e. The molecule has 0 aromatic carbocycles. The van der Waals surface area contributed by atoms with Crippen LogP contribution in [0.25, 0.3) is 0 Å². The van der Waals surface area contributed by atoms with Crippen LogP contribution in [0.1, 0.15) is 201 Å². The number of carbonyl (C=O) groups excluding carboxylic acids is 2. The summed E-state index contributed by atoms with van der Waals surface area (Å²) in [5.41, 5.74) is 0. The highest BCUT2D eigenvalue weighted by molar-refractivity contribution is 5.72. The van der Waals surface area contributed by atoms with Crippen molar-refractivity contribution < 1.29 is 19.1 Å². The van der Waals surface area contributed by atoms with Crippen LogP contribution in [-0.4, -0.2) is 57.1 Å². The molecule has 0 bridgehead atoms. The zero-order chi connectivity index (χ0) is 33.9. The largest absolute Gasteiger partial charge is 0.462 e. The molecule has 1 heterocycles. The molecule has 1 saturated heterocycles. The molecule has 0 spiro atoms. The quantitative estimate of drug-likeness (QED) is 0.0424. The summed E-state index contributed by atoms with van der Waals surface area (Å²) in [5.74, 6) is 1.00. The zero-order valence-corrected chi connectivity index (χ0v) is 31.8. The molecular weight excluding hydrogens is 570 g/mol. The molecule has 0 aromatic rings. The van der Waals surface area contributed by atoms with E-state index in [2.05, 4.69) is 32.7 Å². The minimum absolute atomic E-state index is 0.0707. The Hall–Kier alpha value is -0.940. The highest BCUT2D eigenvalue weighted by atomic mass is 16.5. The molecule has 0 aliphatic carbocycles. The molecule has 274 valence electrons. The fraction of sp³-hybridized carbons (Fsp3) is 0.951. The molecule has 0 amide bonds. The zero-order valence-electron chi connectivity index (χ0n) is 31.8. The summed E-state index contributed by atoms with van der Waals surface area (Å²) in [6, 6.07) is 0. The number of piperidine rings is 1. The molecule has 2 atom stereocenters. The van der Waals surface area contributed by atoms with Gasteiger partial charge in [0.25, 0.3) is 0 Å². The minimum atomic E-state index is 0.0707. The summed E-state index contributed by atoms with van der Waals surface area (Å²) in [7, 11) is 3.96. The fourth-order valence-corrected chi connectivity index (χ4v) is 6.66.